The number of amides is 1. The second-order valence-corrected chi connectivity index (χ2v) is 2.86. The van der Waals surface area contributed by atoms with Gasteiger partial charge in [-0.05, 0) is 13.8 Å². The van der Waals surface area contributed by atoms with Crippen LogP contribution in [0.4, 0.5) is 5.69 Å². The predicted molar refractivity (Wildman–Crippen MR) is 51.6 cm³/mol. The summed E-state index contributed by atoms with van der Waals surface area (Å²) in [6, 6.07) is 0. The van der Waals surface area contributed by atoms with Gasteiger partial charge in [0.2, 0.25) is 5.91 Å². The van der Waals surface area contributed by atoms with E-state index >= 15 is 0 Å². The average molecular weight is 181 g/mol. The first-order valence-electron chi connectivity index (χ1n) is 4.51. The zero-order chi connectivity index (χ0) is 9.84. The number of aromatic nitrogens is 2. The zero-order valence-corrected chi connectivity index (χ0v) is 8.29. The fourth-order valence-electron chi connectivity index (χ4n) is 1.13. The number of hydrogen-bond donors (Lipinski definition) is 1. The maximum atomic E-state index is 11.1. The van der Waals surface area contributed by atoms with Crippen LogP contribution < -0.4 is 5.32 Å². The number of carbonyl (C=O) groups is 1. The van der Waals surface area contributed by atoms with Gasteiger partial charge in [0.25, 0.3) is 0 Å². The molecule has 4 nitrogen and oxygen atoms in total. The summed E-state index contributed by atoms with van der Waals surface area (Å²) in [6.07, 6.45) is 2.18. The number of anilines is 1. The van der Waals surface area contributed by atoms with E-state index in [1.807, 2.05) is 25.5 Å². The van der Waals surface area contributed by atoms with Crippen molar-refractivity contribution in [3.63, 3.8) is 0 Å². The fraction of sp³-hybridized carbons (Fsp3) is 0.556. The fourth-order valence-corrected chi connectivity index (χ4v) is 1.13. The molecule has 0 aliphatic rings. The number of carbonyl (C=O) groups excluding carboxylic acids is 1. The van der Waals surface area contributed by atoms with Crippen molar-refractivity contribution in [2.24, 2.45) is 0 Å². The third-order valence-electron chi connectivity index (χ3n) is 2.00. The molecule has 13 heavy (non-hydrogen) atoms. The van der Waals surface area contributed by atoms with E-state index in [4.69, 9.17) is 0 Å². The number of aryl methyl sites for hydroxylation is 1. The molecule has 1 heterocycles. The van der Waals surface area contributed by atoms with Gasteiger partial charge in [-0.1, -0.05) is 6.92 Å². The summed E-state index contributed by atoms with van der Waals surface area (Å²) in [5, 5.41) is 6.92. The maximum absolute atomic E-state index is 11.1. The quantitative estimate of drug-likeness (QED) is 0.769. The van der Waals surface area contributed by atoms with Gasteiger partial charge in [-0.2, -0.15) is 5.10 Å². The van der Waals surface area contributed by atoms with Crippen LogP contribution in [0.2, 0.25) is 0 Å². The van der Waals surface area contributed by atoms with E-state index in [9.17, 15) is 4.79 Å². The predicted octanol–water partition coefficient (Wildman–Crippen LogP) is 1.56. The van der Waals surface area contributed by atoms with Gasteiger partial charge in [-0.3, -0.25) is 9.48 Å². The minimum absolute atomic E-state index is 0.0266. The van der Waals surface area contributed by atoms with E-state index in [1.165, 1.54) is 0 Å². The van der Waals surface area contributed by atoms with Crippen LogP contribution in [0, 0.1) is 6.92 Å². The molecular weight excluding hydrogens is 166 g/mol. The molecule has 0 unspecified atom stereocenters. The van der Waals surface area contributed by atoms with Gasteiger partial charge in [0, 0.05) is 13.0 Å². The third-order valence-corrected chi connectivity index (χ3v) is 2.00. The van der Waals surface area contributed by atoms with Gasteiger partial charge in [-0.25, -0.2) is 0 Å². The van der Waals surface area contributed by atoms with Gasteiger partial charge in [0.1, 0.15) is 0 Å². The Balaban J connectivity index is 2.78. The molecule has 4 heteroatoms. The molecule has 0 bridgehead atoms. The highest BCUT2D eigenvalue weighted by molar-refractivity contribution is 5.90. The zero-order valence-electron chi connectivity index (χ0n) is 8.29. The molecule has 1 N–H and O–H groups in total. The van der Waals surface area contributed by atoms with Crippen molar-refractivity contribution in [1.82, 2.24) is 9.78 Å². The van der Waals surface area contributed by atoms with Crippen molar-refractivity contribution in [2.45, 2.75) is 33.7 Å². The Morgan fingerprint density at radius 3 is 2.77 bits per heavy atom. The smallest absolute Gasteiger partial charge is 0.224 e. The van der Waals surface area contributed by atoms with E-state index in [1.54, 1.807) is 6.20 Å². The molecule has 0 spiro atoms. The molecule has 0 aliphatic carbocycles. The molecule has 1 amide bonds. The third kappa shape index (κ3) is 2.08. The van der Waals surface area contributed by atoms with Gasteiger partial charge < -0.3 is 5.32 Å². The van der Waals surface area contributed by atoms with Gasteiger partial charge >= 0.3 is 0 Å². The molecule has 0 aliphatic heterocycles. The van der Waals surface area contributed by atoms with Crippen LogP contribution in [0.5, 0.6) is 0 Å². The first kappa shape index (κ1) is 9.77. The first-order valence-corrected chi connectivity index (χ1v) is 4.51. The van der Waals surface area contributed by atoms with Crippen molar-refractivity contribution in [1.29, 1.82) is 0 Å². The largest absolute Gasteiger partial charge is 0.323 e. The molecular formula is C9H15N3O. The molecule has 1 aromatic rings. The summed E-state index contributed by atoms with van der Waals surface area (Å²) in [4.78, 5) is 11.1. The molecule has 0 radical (unpaired) electrons. The van der Waals surface area contributed by atoms with Crippen molar-refractivity contribution >= 4 is 11.6 Å². The van der Waals surface area contributed by atoms with Crippen molar-refractivity contribution in [3.8, 4) is 0 Å². The highest BCUT2D eigenvalue weighted by atomic mass is 16.1. The summed E-state index contributed by atoms with van der Waals surface area (Å²) in [5.74, 6) is 0.0266. The van der Waals surface area contributed by atoms with E-state index in [0.29, 0.717) is 6.42 Å². The van der Waals surface area contributed by atoms with E-state index < -0.39 is 0 Å². The standard InChI is InChI=1S/C9H15N3O/c1-4-9(13)11-8-6-10-12(5-2)7(8)3/h6H,4-5H2,1-3H3,(H,11,13). The van der Waals surface area contributed by atoms with Crippen molar-refractivity contribution in [2.75, 3.05) is 5.32 Å². The Hall–Kier alpha value is -1.32. The van der Waals surface area contributed by atoms with Crippen LogP contribution in [-0.4, -0.2) is 15.7 Å². The topological polar surface area (TPSA) is 46.9 Å². The molecule has 0 saturated carbocycles. The SMILES string of the molecule is CCC(=O)Nc1cnn(CC)c1C. The van der Waals surface area contributed by atoms with Crippen LogP contribution >= 0.6 is 0 Å². The summed E-state index contributed by atoms with van der Waals surface area (Å²) >= 11 is 0. The highest BCUT2D eigenvalue weighted by Gasteiger charge is 2.06. The number of hydrogen-bond acceptors (Lipinski definition) is 2. The Labute approximate surface area is 77.9 Å². The molecule has 1 rings (SSSR count). The second-order valence-electron chi connectivity index (χ2n) is 2.86. The van der Waals surface area contributed by atoms with Crippen LogP contribution in [0.3, 0.4) is 0 Å². The van der Waals surface area contributed by atoms with Crippen LogP contribution in [-0.2, 0) is 11.3 Å². The minimum Gasteiger partial charge on any atom is -0.323 e. The lowest BCUT2D eigenvalue weighted by Gasteiger charge is -2.02. The molecule has 0 saturated heterocycles. The summed E-state index contributed by atoms with van der Waals surface area (Å²) in [5.41, 5.74) is 1.82. The molecule has 0 aromatic carbocycles. The Bertz CT molecular complexity index is 304. The molecule has 72 valence electrons. The van der Waals surface area contributed by atoms with Crippen LogP contribution in [0.15, 0.2) is 6.20 Å². The Morgan fingerprint density at radius 2 is 2.31 bits per heavy atom. The summed E-state index contributed by atoms with van der Waals surface area (Å²) in [7, 11) is 0. The number of nitrogens with one attached hydrogen (secondary N) is 1. The van der Waals surface area contributed by atoms with E-state index in [2.05, 4.69) is 10.4 Å². The number of nitrogens with zero attached hydrogens (tertiary/aromatic N) is 2. The maximum Gasteiger partial charge on any atom is 0.224 e. The monoisotopic (exact) mass is 181 g/mol. The lowest BCUT2D eigenvalue weighted by Crippen LogP contribution is -2.10. The summed E-state index contributed by atoms with van der Waals surface area (Å²) < 4.78 is 1.85. The highest BCUT2D eigenvalue weighted by Crippen LogP contribution is 2.13. The van der Waals surface area contributed by atoms with E-state index in [-0.39, 0.29) is 5.91 Å². The second kappa shape index (κ2) is 4.07. The molecule has 1 aromatic heterocycles. The molecule has 0 fully saturated rings. The van der Waals surface area contributed by atoms with Gasteiger partial charge in [0.05, 0.1) is 17.6 Å². The normalized spacial score (nSPS) is 10.1. The Morgan fingerprint density at radius 1 is 1.62 bits per heavy atom. The van der Waals surface area contributed by atoms with E-state index in [0.717, 1.165) is 17.9 Å². The first-order chi connectivity index (χ1) is 6.19. The molecule has 0 atom stereocenters. The average Bonchev–Trinajstić information content (AvgIpc) is 2.48. The van der Waals surface area contributed by atoms with Crippen molar-refractivity contribution < 1.29 is 4.79 Å². The minimum atomic E-state index is 0.0266. The van der Waals surface area contributed by atoms with Gasteiger partial charge in [-0.15, -0.1) is 0 Å². The van der Waals surface area contributed by atoms with Crippen molar-refractivity contribution in [3.05, 3.63) is 11.9 Å². The van der Waals surface area contributed by atoms with Gasteiger partial charge in [0.15, 0.2) is 0 Å². The lowest BCUT2D eigenvalue weighted by atomic mass is 10.3. The Kier molecular flexibility index (Phi) is 3.06. The van der Waals surface area contributed by atoms with Crippen LogP contribution in [0.25, 0.3) is 0 Å². The number of rotatable bonds is 3. The van der Waals surface area contributed by atoms with Crippen LogP contribution in [0.1, 0.15) is 26.0 Å². The lowest BCUT2D eigenvalue weighted by molar-refractivity contribution is -0.115. The summed E-state index contributed by atoms with van der Waals surface area (Å²) in [6.45, 7) is 6.62.